The third-order valence-electron chi connectivity index (χ3n) is 4.89. The molecule has 0 saturated carbocycles. The lowest BCUT2D eigenvalue weighted by Gasteiger charge is -2.36. The summed E-state index contributed by atoms with van der Waals surface area (Å²) in [7, 11) is 1.94. The molecule has 7 heteroatoms. The number of benzene rings is 1. The third-order valence-corrected chi connectivity index (χ3v) is 6.71. The van der Waals surface area contributed by atoms with Crippen LogP contribution in [0.4, 0.5) is 0 Å². The quantitative estimate of drug-likeness (QED) is 0.735. The van der Waals surface area contributed by atoms with Crippen LogP contribution in [0.15, 0.2) is 23.1 Å². The van der Waals surface area contributed by atoms with Crippen molar-refractivity contribution in [2.45, 2.75) is 60.9 Å². The van der Waals surface area contributed by atoms with Gasteiger partial charge in [0.1, 0.15) is 0 Å². The van der Waals surface area contributed by atoms with E-state index in [-0.39, 0.29) is 23.6 Å². The van der Waals surface area contributed by atoms with Gasteiger partial charge in [0.15, 0.2) is 0 Å². The zero-order valence-electron chi connectivity index (χ0n) is 13.8. The predicted octanol–water partition coefficient (Wildman–Crippen LogP) is 4.64. The molecule has 3 nitrogen and oxygen atoms in total. The summed E-state index contributed by atoms with van der Waals surface area (Å²) in [5.41, 5.74) is 0. The number of halogens is 3. The van der Waals surface area contributed by atoms with Crippen LogP contribution in [-0.4, -0.2) is 41.2 Å². The van der Waals surface area contributed by atoms with Crippen LogP contribution >= 0.6 is 47.4 Å². The van der Waals surface area contributed by atoms with Crippen molar-refractivity contribution in [1.29, 1.82) is 0 Å². The number of thioether (sulfide) groups is 1. The molecule has 1 aromatic carbocycles. The number of nitrogens with zero attached hydrogens (tertiary/aromatic N) is 1. The van der Waals surface area contributed by atoms with Crippen LogP contribution in [0.25, 0.3) is 0 Å². The predicted molar refractivity (Wildman–Crippen MR) is 105 cm³/mol. The molecule has 0 spiro atoms. The van der Waals surface area contributed by atoms with Crippen molar-refractivity contribution < 1.29 is 4.79 Å². The molecule has 3 atom stereocenters. The molecular formula is C17H23Cl3N2OS. The highest BCUT2D eigenvalue weighted by molar-refractivity contribution is 8.00. The molecule has 2 saturated heterocycles. The summed E-state index contributed by atoms with van der Waals surface area (Å²) in [6.45, 7) is 1.94. The largest absolute Gasteiger partial charge is 0.342 e. The molecule has 2 fully saturated rings. The van der Waals surface area contributed by atoms with Crippen LogP contribution in [0.1, 0.15) is 32.6 Å². The van der Waals surface area contributed by atoms with Crippen molar-refractivity contribution in [1.82, 2.24) is 10.2 Å². The lowest BCUT2D eigenvalue weighted by Crippen LogP contribution is -2.50. The summed E-state index contributed by atoms with van der Waals surface area (Å²) < 4.78 is 0. The zero-order chi connectivity index (χ0) is 16.6. The summed E-state index contributed by atoms with van der Waals surface area (Å²) in [5.74, 6) is 0.164. The first kappa shape index (κ1) is 20.2. The fourth-order valence-electron chi connectivity index (χ4n) is 3.62. The van der Waals surface area contributed by atoms with Crippen molar-refractivity contribution in [3.05, 3.63) is 28.2 Å². The minimum absolute atomic E-state index is 0. The van der Waals surface area contributed by atoms with Crippen molar-refractivity contribution in [3.63, 3.8) is 0 Å². The fourth-order valence-corrected chi connectivity index (χ4v) is 5.13. The molecule has 3 unspecified atom stereocenters. The summed E-state index contributed by atoms with van der Waals surface area (Å²) in [5, 5.41) is 4.72. The first-order valence-electron chi connectivity index (χ1n) is 8.08. The Hall–Kier alpha value is -0.130. The SMILES string of the molecule is CC(Sc1cc(Cl)ccc1Cl)C(=O)N(C)C1CC2CCC(C1)N2.Cl. The van der Waals surface area contributed by atoms with Crippen molar-refractivity contribution in [3.8, 4) is 0 Å². The maximum Gasteiger partial charge on any atom is 0.235 e. The normalized spacial score (nSPS) is 26.6. The molecule has 0 radical (unpaired) electrons. The average Bonchev–Trinajstić information content (AvgIpc) is 2.87. The lowest BCUT2D eigenvalue weighted by atomic mass is 9.98. The van der Waals surface area contributed by atoms with Crippen molar-refractivity contribution in [2.75, 3.05) is 7.05 Å². The molecule has 2 heterocycles. The molecule has 1 amide bonds. The molecule has 2 aliphatic heterocycles. The highest BCUT2D eigenvalue weighted by atomic mass is 35.5. The van der Waals surface area contributed by atoms with E-state index in [0.717, 1.165) is 17.7 Å². The summed E-state index contributed by atoms with van der Waals surface area (Å²) in [4.78, 5) is 15.6. The molecule has 2 aliphatic rings. The van der Waals surface area contributed by atoms with Crippen LogP contribution in [0.3, 0.4) is 0 Å². The minimum atomic E-state index is -0.177. The van der Waals surface area contributed by atoms with E-state index < -0.39 is 0 Å². The standard InChI is InChI=1S/C17H22Cl2N2OS.ClH/c1-10(23-16-7-11(18)3-6-15(16)19)17(22)21(2)14-8-12-4-5-13(9-14)20-12;/h3,6-7,10,12-14,20H,4-5,8-9H2,1-2H3;1H. The Morgan fingerprint density at radius 1 is 1.29 bits per heavy atom. The van der Waals surface area contributed by atoms with Gasteiger partial charge in [0.05, 0.1) is 10.3 Å². The van der Waals surface area contributed by atoms with Gasteiger partial charge in [-0.3, -0.25) is 4.79 Å². The number of fused-ring (bicyclic) bond motifs is 2. The van der Waals surface area contributed by atoms with Gasteiger partial charge in [0.25, 0.3) is 0 Å². The summed E-state index contributed by atoms with van der Waals surface area (Å²) in [6.07, 6.45) is 4.61. The van der Waals surface area contributed by atoms with Crippen LogP contribution in [0.5, 0.6) is 0 Å². The monoisotopic (exact) mass is 408 g/mol. The molecule has 3 rings (SSSR count). The van der Waals surface area contributed by atoms with Crippen LogP contribution in [0, 0.1) is 0 Å². The van der Waals surface area contributed by atoms with Gasteiger partial charge in [-0.15, -0.1) is 24.2 Å². The van der Waals surface area contributed by atoms with E-state index in [2.05, 4.69) is 5.32 Å². The maximum atomic E-state index is 12.8. The molecule has 2 bridgehead atoms. The second-order valence-electron chi connectivity index (χ2n) is 6.55. The molecule has 24 heavy (non-hydrogen) atoms. The Kier molecular flexibility index (Phi) is 7.15. The van der Waals surface area contributed by atoms with Crippen molar-refractivity contribution in [2.24, 2.45) is 0 Å². The van der Waals surface area contributed by atoms with Gasteiger partial charge in [-0.1, -0.05) is 23.2 Å². The van der Waals surface area contributed by atoms with Gasteiger partial charge in [0.2, 0.25) is 5.91 Å². The Morgan fingerprint density at radius 2 is 1.92 bits per heavy atom. The van der Waals surface area contributed by atoms with Gasteiger partial charge in [-0.2, -0.15) is 0 Å². The van der Waals surface area contributed by atoms with Gasteiger partial charge >= 0.3 is 0 Å². The number of hydrogen-bond donors (Lipinski definition) is 1. The molecular weight excluding hydrogens is 387 g/mol. The number of rotatable bonds is 4. The second kappa shape index (κ2) is 8.50. The molecule has 134 valence electrons. The molecule has 1 N–H and O–H groups in total. The number of nitrogens with one attached hydrogen (secondary N) is 1. The molecule has 0 aromatic heterocycles. The molecule has 0 aliphatic carbocycles. The van der Waals surface area contributed by atoms with Crippen molar-refractivity contribution >= 4 is 53.3 Å². The lowest BCUT2D eigenvalue weighted by molar-refractivity contribution is -0.131. The van der Waals surface area contributed by atoms with E-state index in [1.165, 1.54) is 24.6 Å². The summed E-state index contributed by atoms with van der Waals surface area (Å²) >= 11 is 13.7. The van der Waals surface area contributed by atoms with E-state index in [9.17, 15) is 4.79 Å². The first-order valence-corrected chi connectivity index (χ1v) is 9.72. The Labute approximate surface area is 164 Å². The first-order chi connectivity index (χ1) is 10.9. The smallest absolute Gasteiger partial charge is 0.235 e. The Bertz CT molecular complexity index is 589. The van der Waals surface area contributed by atoms with E-state index in [4.69, 9.17) is 23.2 Å². The molecule has 1 aromatic rings. The maximum absolute atomic E-state index is 12.8. The topological polar surface area (TPSA) is 32.3 Å². The Balaban J connectivity index is 0.00000208. The highest BCUT2D eigenvalue weighted by Gasteiger charge is 2.37. The van der Waals surface area contributed by atoms with E-state index in [1.807, 2.05) is 24.9 Å². The highest BCUT2D eigenvalue weighted by Crippen LogP contribution is 2.34. The van der Waals surface area contributed by atoms with Crippen LogP contribution < -0.4 is 5.32 Å². The van der Waals surface area contributed by atoms with Gasteiger partial charge < -0.3 is 10.2 Å². The van der Waals surface area contributed by atoms with Crippen LogP contribution in [0.2, 0.25) is 10.0 Å². The summed E-state index contributed by atoms with van der Waals surface area (Å²) in [6, 6.07) is 6.87. The van der Waals surface area contributed by atoms with E-state index >= 15 is 0 Å². The number of carbonyl (C=O) groups excluding carboxylic acids is 1. The minimum Gasteiger partial charge on any atom is -0.342 e. The van der Waals surface area contributed by atoms with Gasteiger partial charge in [0, 0.05) is 35.1 Å². The zero-order valence-corrected chi connectivity index (χ0v) is 16.9. The second-order valence-corrected chi connectivity index (χ2v) is 8.77. The number of amides is 1. The third kappa shape index (κ3) is 4.53. The number of hydrogen-bond acceptors (Lipinski definition) is 3. The number of carbonyl (C=O) groups is 1. The van der Waals surface area contributed by atoms with Gasteiger partial charge in [-0.25, -0.2) is 0 Å². The van der Waals surface area contributed by atoms with E-state index in [1.54, 1.807) is 12.1 Å². The van der Waals surface area contributed by atoms with Crippen LogP contribution in [-0.2, 0) is 4.79 Å². The average molecular weight is 410 g/mol. The van der Waals surface area contributed by atoms with E-state index in [0.29, 0.717) is 28.2 Å². The number of piperidine rings is 1. The Morgan fingerprint density at radius 3 is 2.54 bits per heavy atom. The van der Waals surface area contributed by atoms with Gasteiger partial charge in [-0.05, 0) is 50.8 Å². The fraction of sp³-hybridized carbons (Fsp3) is 0.588.